The molecule has 4 heterocycles. The van der Waals surface area contributed by atoms with Crippen molar-refractivity contribution < 1.29 is 4.79 Å². The summed E-state index contributed by atoms with van der Waals surface area (Å²) in [5.74, 6) is 0.781. The Morgan fingerprint density at radius 1 is 1.06 bits per heavy atom. The van der Waals surface area contributed by atoms with Crippen molar-refractivity contribution in [3.8, 4) is 17.1 Å². The summed E-state index contributed by atoms with van der Waals surface area (Å²) in [6, 6.07) is 17.3. The highest BCUT2D eigenvalue weighted by atomic mass is 32.2. The molecule has 0 saturated heterocycles. The Kier molecular flexibility index (Phi) is 5.53. The number of hydrogen-bond acceptors (Lipinski definition) is 5. The minimum atomic E-state index is -0.133. The van der Waals surface area contributed by atoms with E-state index in [1.165, 1.54) is 16.4 Å². The van der Waals surface area contributed by atoms with Crippen molar-refractivity contribution in [2.45, 2.75) is 44.3 Å². The van der Waals surface area contributed by atoms with E-state index in [0.717, 1.165) is 70.9 Å². The number of ketones is 1. The molecule has 0 aliphatic carbocycles. The summed E-state index contributed by atoms with van der Waals surface area (Å²) in [5, 5.41) is 6.29. The first-order valence-corrected chi connectivity index (χ1v) is 12.9. The zero-order valence-electron chi connectivity index (χ0n) is 19.5. The molecule has 3 aliphatic heterocycles. The molecule has 1 aromatic heterocycles. The van der Waals surface area contributed by atoms with Crippen molar-refractivity contribution in [2.24, 2.45) is 0 Å². The highest BCUT2D eigenvalue weighted by Gasteiger charge is 2.27. The van der Waals surface area contributed by atoms with Gasteiger partial charge in [0.15, 0.2) is 16.8 Å². The first kappa shape index (κ1) is 21.9. The number of aryl methyl sites for hydroxylation is 1. The second kappa shape index (κ2) is 8.85. The van der Waals surface area contributed by atoms with Gasteiger partial charge in [-0.15, -0.1) is 5.10 Å². The van der Waals surface area contributed by atoms with E-state index in [1.54, 1.807) is 0 Å². The van der Waals surface area contributed by atoms with Crippen LogP contribution in [0.3, 0.4) is 0 Å². The maximum atomic E-state index is 13.4. The van der Waals surface area contributed by atoms with Gasteiger partial charge in [-0.1, -0.05) is 54.6 Å². The number of aromatic nitrogens is 5. The number of hydrogen-bond donors (Lipinski definition) is 1. The Bertz CT molecular complexity index is 1580. The average Bonchev–Trinajstić information content (AvgIpc) is 3.27. The third kappa shape index (κ3) is 3.78. The largest absolute Gasteiger partial charge is 0.358 e. The summed E-state index contributed by atoms with van der Waals surface area (Å²) >= 11 is 1.43. The van der Waals surface area contributed by atoms with E-state index in [9.17, 15) is 9.59 Å². The van der Waals surface area contributed by atoms with E-state index in [1.807, 2.05) is 61.5 Å². The normalized spacial score (nSPS) is 13.7. The lowest BCUT2D eigenvalue weighted by Gasteiger charge is -2.17. The molecular formula is C27H25N5O2S. The Morgan fingerprint density at radius 2 is 1.86 bits per heavy atom. The summed E-state index contributed by atoms with van der Waals surface area (Å²) in [5.41, 5.74) is 4.76. The van der Waals surface area contributed by atoms with Crippen LogP contribution in [-0.4, -0.2) is 35.9 Å². The smallest absolute Gasteiger partial charge is 0.284 e. The van der Waals surface area contributed by atoms with Crippen LogP contribution in [0, 0.1) is 6.92 Å². The number of para-hydroxylation sites is 2. The van der Waals surface area contributed by atoms with Crippen molar-refractivity contribution in [2.75, 3.05) is 5.75 Å². The van der Waals surface area contributed by atoms with Crippen LogP contribution in [-0.2, 0) is 13.0 Å². The summed E-state index contributed by atoms with van der Waals surface area (Å²) in [4.78, 5) is 34.8. The van der Waals surface area contributed by atoms with Gasteiger partial charge in [0.1, 0.15) is 5.56 Å². The van der Waals surface area contributed by atoms with Gasteiger partial charge in [-0.2, -0.15) is 4.68 Å². The van der Waals surface area contributed by atoms with Gasteiger partial charge in [-0.05, 0) is 44.4 Å². The molecule has 0 spiro atoms. The molecular weight excluding hydrogens is 458 g/mol. The number of rotatable bonds is 5. The lowest BCUT2D eigenvalue weighted by molar-refractivity contribution is 0.102. The highest BCUT2D eigenvalue weighted by Crippen LogP contribution is 2.31. The minimum Gasteiger partial charge on any atom is -0.358 e. The van der Waals surface area contributed by atoms with Gasteiger partial charge in [0, 0.05) is 34.4 Å². The van der Waals surface area contributed by atoms with E-state index >= 15 is 0 Å². The second-order valence-electron chi connectivity index (χ2n) is 8.94. The SMILES string of the molecule is Cc1[nH]c2ccccc2c1C(=O)CSc1nc2nn(-c3ccccc3)c(=O)c-2c2n1CCCCC2. The topological polar surface area (TPSA) is 85.6 Å². The highest BCUT2D eigenvalue weighted by molar-refractivity contribution is 7.99. The molecule has 2 aromatic carbocycles. The fourth-order valence-electron chi connectivity index (χ4n) is 5.05. The quantitative estimate of drug-likeness (QED) is 0.215. The van der Waals surface area contributed by atoms with Crippen molar-refractivity contribution in [3.63, 3.8) is 0 Å². The first-order chi connectivity index (χ1) is 17.1. The fraction of sp³-hybridized carbons (Fsp3) is 0.259. The van der Waals surface area contributed by atoms with Crippen molar-refractivity contribution >= 4 is 28.4 Å². The lowest BCUT2D eigenvalue weighted by Crippen LogP contribution is -2.19. The number of aromatic amines is 1. The predicted octanol–water partition coefficient (Wildman–Crippen LogP) is 5.02. The van der Waals surface area contributed by atoms with Crippen molar-refractivity contribution in [3.05, 3.63) is 81.9 Å². The zero-order valence-corrected chi connectivity index (χ0v) is 20.3. The molecule has 0 atom stereocenters. The van der Waals surface area contributed by atoms with Gasteiger partial charge in [0.2, 0.25) is 0 Å². The van der Waals surface area contributed by atoms with Crippen LogP contribution in [0.25, 0.3) is 28.0 Å². The Labute approximate surface area is 206 Å². The average molecular weight is 484 g/mol. The number of nitrogens with one attached hydrogen (secondary N) is 1. The third-order valence-corrected chi connectivity index (χ3v) is 7.65. The number of Topliss-reactive ketones (excluding diaryl/α,β-unsaturated/α-hetero) is 1. The van der Waals surface area contributed by atoms with E-state index in [0.29, 0.717) is 11.4 Å². The standard InChI is InChI=1S/C27H25N5O2S/c1-17-23(19-12-7-8-13-20(19)28-17)22(33)16-35-27-29-25-24(21-14-6-3-9-15-31(21)27)26(34)32(30-25)18-10-4-2-5-11-18/h2,4-5,7-8,10-13,28H,3,6,9,14-16H2,1H3. The van der Waals surface area contributed by atoms with Crippen LogP contribution < -0.4 is 5.56 Å². The molecule has 0 unspecified atom stereocenters. The maximum absolute atomic E-state index is 13.4. The Morgan fingerprint density at radius 3 is 2.71 bits per heavy atom. The van der Waals surface area contributed by atoms with Crippen molar-refractivity contribution in [1.82, 2.24) is 24.3 Å². The van der Waals surface area contributed by atoms with Gasteiger partial charge in [-0.25, -0.2) is 4.98 Å². The zero-order chi connectivity index (χ0) is 23.9. The van der Waals surface area contributed by atoms with E-state index < -0.39 is 0 Å². The van der Waals surface area contributed by atoms with Gasteiger partial charge >= 0.3 is 0 Å². The lowest BCUT2D eigenvalue weighted by atomic mass is 10.1. The summed E-state index contributed by atoms with van der Waals surface area (Å²) in [6.45, 7) is 2.73. The van der Waals surface area contributed by atoms with Gasteiger partial charge in [0.05, 0.1) is 11.4 Å². The number of carbonyl (C=O) groups is 1. The molecule has 0 radical (unpaired) electrons. The van der Waals surface area contributed by atoms with Gasteiger partial charge in [-0.3, -0.25) is 9.59 Å². The van der Waals surface area contributed by atoms with Crippen LogP contribution in [0.5, 0.6) is 0 Å². The van der Waals surface area contributed by atoms with Crippen LogP contribution >= 0.6 is 11.8 Å². The minimum absolute atomic E-state index is 0.0640. The molecule has 35 heavy (non-hydrogen) atoms. The maximum Gasteiger partial charge on any atom is 0.284 e. The second-order valence-corrected chi connectivity index (χ2v) is 9.88. The number of H-pyrrole nitrogens is 1. The van der Waals surface area contributed by atoms with Crippen molar-refractivity contribution in [1.29, 1.82) is 0 Å². The van der Waals surface area contributed by atoms with Crippen LogP contribution in [0.1, 0.15) is 41.0 Å². The monoisotopic (exact) mass is 483 g/mol. The van der Waals surface area contributed by atoms with Crippen LogP contribution in [0.4, 0.5) is 0 Å². The molecule has 6 rings (SSSR count). The summed E-state index contributed by atoms with van der Waals surface area (Å²) in [7, 11) is 0. The summed E-state index contributed by atoms with van der Waals surface area (Å²) in [6.07, 6.45) is 3.95. The van der Waals surface area contributed by atoms with E-state index in [-0.39, 0.29) is 17.1 Å². The molecule has 176 valence electrons. The third-order valence-electron chi connectivity index (χ3n) is 6.67. The Balaban J connectivity index is 1.40. The molecule has 3 aliphatic rings. The number of nitrogens with zero attached hydrogens (tertiary/aromatic N) is 4. The molecule has 1 N–H and O–H groups in total. The van der Waals surface area contributed by atoms with E-state index in [4.69, 9.17) is 4.98 Å². The number of benzene rings is 2. The van der Waals surface area contributed by atoms with Gasteiger partial charge in [0.25, 0.3) is 5.56 Å². The predicted molar refractivity (Wildman–Crippen MR) is 138 cm³/mol. The molecule has 0 fully saturated rings. The fourth-order valence-corrected chi connectivity index (χ4v) is 5.96. The number of thioether (sulfide) groups is 1. The number of fused-ring (bicyclic) bond motifs is 4. The molecule has 7 nitrogen and oxygen atoms in total. The molecule has 0 bridgehead atoms. The van der Waals surface area contributed by atoms with E-state index in [2.05, 4.69) is 14.6 Å². The molecule has 8 heteroatoms. The van der Waals surface area contributed by atoms with Gasteiger partial charge < -0.3 is 9.55 Å². The number of carbonyl (C=O) groups excluding carboxylic acids is 1. The Hall–Kier alpha value is -3.65. The summed E-state index contributed by atoms with van der Waals surface area (Å²) < 4.78 is 3.59. The molecule has 3 aromatic rings. The molecule has 0 amide bonds. The first-order valence-electron chi connectivity index (χ1n) is 11.9. The van der Waals surface area contributed by atoms with Crippen LogP contribution in [0.15, 0.2) is 64.5 Å². The molecule has 0 saturated carbocycles. The van der Waals surface area contributed by atoms with Crippen LogP contribution in [0.2, 0.25) is 0 Å².